The monoisotopic (exact) mass is 381 g/mol. The summed E-state index contributed by atoms with van der Waals surface area (Å²) in [6.07, 6.45) is 7.92. The Morgan fingerprint density at radius 1 is 1.32 bits per heavy atom. The number of aromatic nitrogens is 1. The van der Waals surface area contributed by atoms with E-state index in [0.717, 1.165) is 43.6 Å². The van der Waals surface area contributed by atoms with Gasteiger partial charge in [0.05, 0.1) is 12.5 Å². The van der Waals surface area contributed by atoms with Crippen LogP contribution >= 0.6 is 0 Å². The van der Waals surface area contributed by atoms with Crippen LogP contribution in [0.25, 0.3) is 0 Å². The van der Waals surface area contributed by atoms with E-state index in [1.807, 2.05) is 30.3 Å². The van der Waals surface area contributed by atoms with Gasteiger partial charge in [0.2, 0.25) is 5.91 Å². The van der Waals surface area contributed by atoms with Gasteiger partial charge >= 0.3 is 0 Å². The Morgan fingerprint density at radius 2 is 2.25 bits per heavy atom. The van der Waals surface area contributed by atoms with Gasteiger partial charge in [0.15, 0.2) is 11.5 Å². The van der Waals surface area contributed by atoms with Crippen molar-refractivity contribution in [2.75, 3.05) is 25.5 Å². The van der Waals surface area contributed by atoms with Gasteiger partial charge < -0.3 is 20.1 Å². The molecule has 1 aliphatic carbocycles. The van der Waals surface area contributed by atoms with Crippen LogP contribution in [0.1, 0.15) is 31.2 Å². The molecule has 6 heteroatoms. The average Bonchev–Trinajstić information content (AvgIpc) is 3.18. The predicted octanol–water partition coefficient (Wildman–Crippen LogP) is 3.39. The largest absolute Gasteiger partial charge is 0.493 e. The molecule has 0 radical (unpaired) electrons. The summed E-state index contributed by atoms with van der Waals surface area (Å²) in [7, 11) is 1.61. The maximum absolute atomic E-state index is 13.2. The number of carbonyl (C=O) groups excluding carboxylic acids is 1. The van der Waals surface area contributed by atoms with Crippen LogP contribution in [-0.2, 0) is 11.4 Å². The molecular weight excluding hydrogens is 354 g/mol. The summed E-state index contributed by atoms with van der Waals surface area (Å²) in [4.78, 5) is 17.3. The number of hydrogen-bond donors (Lipinski definition) is 2. The molecule has 28 heavy (non-hydrogen) atoms. The molecule has 148 valence electrons. The summed E-state index contributed by atoms with van der Waals surface area (Å²) in [5.41, 5.74) is 1.42. The summed E-state index contributed by atoms with van der Waals surface area (Å²) in [6, 6.07) is 9.37. The number of rotatable bonds is 6. The summed E-state index contributed by atoms with van der Waals surface area (Å²) in [5.74, 6) is 1.79. The zero-order valence-electron chi connectivity index (χ0n) is 16.2. The molecule has 6 nitrogen and oxygen atoms in total. The molecule has 1 saturated heterocycles. The molecule has 4 rings (SSSR count). The third kappa shape index (κ3) is 3.69. The molecule has 1 saturated carbocycles. The standard InChI is InChI=1S/C22H27N3O3/c1-27-19-8-7-18(11-20(19)28-14-16-5-4-10-23-12-16)25-21(26)22-9-3-2-6-17(22)13-24-15-22/h4-5,7-8,10-12,17,24H,2-3,6,9,13-15H2,1H3,(H,25,26)/t17-,22+/m0/s1. The average molecular weight is 381 g/mol. The Balaban J connectivity index is 1.49. The van der Waals surface area contributed by atoms with Gasteiger partial charge in [-0.2, -0.15) is 0 Å². The number of pyridine rings is 1. The first kappa shape index (κ1) is 18.7. The Morgan fingerprint density at radius 3 is 3.07 bits per heavy atom. The molecule has 2 aliphatic rings. The van der Waals surface area contributed by atoms with Crippen molar-refractivity contribution in [3.8, 4) is 11.5 Å². The molecule has 2 atom stereocenters. The molecule has 2 N–H and O–H groups in total. The number of fused-ring (bicyclic) bond motifs is 1. The second kappa shape index (κ2) is 8.19. The van der Waals surface area contributed by atoms with Gasteiger partial charge in [-0.3, -0.25) is 9.78 Å². The third-order valence-electron chi connectivity index (χ3n) is 6.03. The van der Waals surface area contributed by atoms with Crippen molar-refractivity contribution in [2.45, 2.75) is 32.3 Å². The summed E-state index contributed by atoms with van der Waals surface area (Å²) in [5, 5.41) is 6.57. The number of carbonyl (C=O) groups is 1. The van der Waals surface area contributed by atoms with Crippen molar-refractivity contribution in [1.82, 2.24) is 10.3 Å². The van der Waals surface area contributed by atoms with Crippen molar-refractivity contribution in [3.05, 3.63) is 48.3 Å². The third-order valence-corrected chi connectivity index (χ3v) is 6.03. The van der Waals surface area contributed by atoms with Gasteiger partial charge in [-0.05, 0) is 43.5 Å². The van der Waals surface area contributed by atoms with Gasteiger partial charge in [-0.15, -0.1) is 0 Å². The minimum Gasteiger partial charge on any atom is -0.493 e. The fourth-order valence-electron chi connectivity index (χ4n) is 4.46. The number of amides is 1. The van der Waals surface area contributed by atoms with Crippen LogP contribution < -0.4 is 20.1 Å². The van der Waals surface area contributed by atoms with E-state index < -0.39 is 0 Å². The van der Waals surface area contributed by atoms with Crippen LogP contribution in [0, 0.1) is 11.3 Å². The lowest BCUT2D eigenvalue weighted by atomic mass is 9.67. The Hall–Kier alpha value is -2.60. The first-order chi connectivity index (χ1) is 13.7. The maximum atomic E-state index is 13.2. The van der Waals surface area contributed by atoms with Crippen LogP contribution in [0.5, 0.6) is 11.5 Å². The molecule has 0 bridgehead atoms. The highest BCUT2D eigenvalue weighted by atomic mass is 16.5. The van der Waals surface area contributed by atoms with Gasteiger partial charge in [0.25, 0.3) is 0 Å². The molecule has 2 aromatic rings. The van der Waals surface area contributed by atoms with E-state index >= 15 is 0 Å². The van der Waals surface area contributed by atoms with Gasteiger partial charge in [-0.25, -0.2) is 0 Å². The van der Waals surface area contributed by atoms with E-state index in [9.17, 15) is 4.79 Å². The molecule has 1 aromatic heterocycles. The smallest absolute Gasteiger partial charge is 0.232 e. The molecule has 0 spiro atoms. The van der Waals surface area contributed by atoms with Crippen molar-refractivity contribution >= 4 is 11.6 Å². The Labute approximate surface area is 165 Å². The van der Waals surface area contributed by atoms with E-state index in [4.69, 9.17) is 9.47 Å². The highest BCUT2D eigenvalue weighted by Crippen LogP contribution is 2.44. The minimum absolute atomic E-state index is 0.116. The summed E-state index contributed by atoms with van der Waals surface area (Å²) < 4.78 is 11.4. The number of nitrogens with zero attached hydrogens (tertiary/aromatic N) is 1. The molecular formula is C22H27N3O3. The van der Waals surface area contributed by atoms with Gasteiger partial charge in [0.1, 0.15) is 6.61 Å². The second-order valence-corrected chi connectivity index (χ2v) is 7.70. The van der Waals surface area contributed by atoms with E-state index in [-0.39, 0.29) is 11.3 Å². The quantitative estimate of drug-likeness (QED) is 0.803. The summed E-state index contributed by atoms with van der Waals surface area (Å²) >= 11 is 0. The lowest BCUT2D eigenvalue weighted by Gasteiger charge is -2.37. The van der Waals surface area contributed by atoms with Crippen molar-refractivity contribution < 1.29 is 14.3 Å². The highest BCUT2D eigenvalue weighted by molar-refractivity contribution is 5.96. The Bertz CT molecular complexity index is 827. The number of nitrogens with one attached hydrogen (secondary N) is 2. The van der Waals surface area contributed by atoms with Crippen LogP contribution in [0.4, 0.5) is 5.69 Å². The lowest BCUT2D eigenvalue weighted by molar-refractivity contribution is -0.128. The van der Waals surface area contributed by atoms with E-state index in [0.29, 0.717) is 24.0 Å². The normalized spacial score (nSPS) is 23.7. The molecule has 2 fully saturated rings. The second-order valence-electron chi connectivity index (χ2n) is 7.70. The van der Waals surface area contributed by atoms with E-state index in [1.165, 1.54) is 6.42 Å². The topological polar surface area (TPSA) is 72.5 Å². The zero-order chi connectivity index (χ0) is 19.4. The number of ether oxygens (including phenoxy) is 2. The fraction of sp³-hybridized carbons (Fsp3) is 0.455. The molecule has 0 unspecified atom stereocenters. The van der Waals surface area contributed by atoms with Crippen LogP contribution in [0.3, 0.4) is 0 Å². The number of anilines is 1. The van der Waals surface area contributed by atoms with Crippen LogP contribution in [0.15, 0.2) is 42.7 Å². The fourth-order valence-corrected chi connectivity index (χ4v) is 4.46. The Kier molecular flexibility index (Phi) is 5.48. The predicted molar refractivity (Wildman–Crippen MR) is 107 cm³/mol. The van der Waals surface area contributed by atoms with Gasteiger partial charge in [0, 0.05) is 36.3 Å². The molecule has 1 aromatic carbocycles. The van der Waals surface area contributed by atoms with Gasteiger partial charge in [-0.1, -0.05) is 18.9 Å². The first-order valence-electron chi connectivity index (χ1n) is 9.93. The molecule has 2 heterocycles. The van der Waals surface area contributed by atoms with E-state index in [2.05, 4.69) is 15.6 Å². The molecule has 1 aliphatic heterocycles. The SMILES string of the molecule is COc1ccc(NC(=O)[C@@]23CCCC[C@H]2CNC3)cc1OCc1cccnc1. The number of methoxy groups -OCH3 is 1. The van der Waals surface area contributed by atoms with E-state index in [1.54, 1.807) is 19.5 Å². The first-order valence-corrected chi connectivity index (χ1v) is 9.93. The van der Waals surface area contributed by atoms with Crippen LogP contribution in [0.2, 0.25) is 0 Å². The number of benzene rings is 1. The maximum Gasteiger partial charge on any atom is 0.232 e. The van der Waals surface area contributed by atoms with Crippen LogP contribution in [-0.4, -0.2) is 31.1 Å². The summed E-state index contributed by atoms with van der Waals surface area (Å²) in [6.45, 7) is 2.09. The van der Waals surface area contributed by atoms with Crippen molar-refractivity contribution in [1.29, 1.82) is 0 Å². The van der Waals surface area contributed by atoms with Crippen molar-refractivity contribution in [3.63, 3.8) is 0 Å². The zero-order valence-corrected chi connectivity index (χ0v) is 16.2. The highest BCUT2D eigenvalue weighted by Gasteiger charge is 2.49. The number of hydrogen-bond acceptors (Lipinski definition) is 5. The molecule has 1 amide bonds. The minimum atomic E-state index is -0.283. The van der Waals surface area contributed by atoms with Crippen molar-refractivity contribution in [2.24, 2.45) is 11.3 Å². The lowest BCUT2D eigenvalue weighted by Crippen LogP contribution is -2.44.